The maximum Gasteiger partial charge on any atom is 0.251 e. The summed E-state index contributed by atoms with van der Waals surface area (Å²) in [5.41, 5.74) is 1.54. The van der Waals surface area contributed by atoms with E-state index < -0.39 is 0 Å². The zero-order chi connectivity index (χ0) is 20.7. The predicted molar refractivity (Wildman–Crippen MR) is 111 cm³/mol. The van der Waals surface area contributed by atoms with Crippen LogP contribution < -0.4 is 20.3 Å². The van der Waals surface area contributed by atoms with Crippen molar-refractivity contribution in [2.24, 2.45) is 0 Å². The minimum absolute atomic E-state index is 0.108. The average molecular weight is 406 g/mol. The van der Waals surface area contributed by atoms with E-state index in [-0.39, 0.29) is 22.6 Å². The number of nitrogens with one attached hydrogen (secondary N) is 2. The van der Waals surface area contributed by atoms with Crippen molar-refractivity contribution in [2.45, 2.75) is 43.5 Å². The molecule has 0 aliphatic carbocycles. The number of aromatic nitrogens is 2. The fourth-order valence-corrected chi connectivity index (χ4v) is 3.38. The van der Waals surface area contributed by atoms with Gasteiger partial charge in [0.2, 0.25) is 5.91 Å². The number of nitrogens with zero attached hydrogens (tertiary/aromatic N) is 1. The summed E-state index contributed by atoms with van der Waals surface area (Å²) in [6, 6.07) is 7.17. The molecule has 0 spiro atoms. The van der Waals surface area contributed by atoms with Crippen molar-refractivity contribution in [2.75, 3.05) is 20.8 Å². The van der Waals surface area contributed by atoms with Gasteiger partial charge in [0, 0.05) is 12.6 Å². The number of aromatic amines is 1. The first kappa shape index (κ1) is 21.8. The summed E-state index contributed by atoms with van der Waals surface area (Å²) in [6.45, 7) is 6.23. The molecule has 0 saturated carbocycles. The molecule has 1 atom stereocenters. The van der Waals surface area contributed by atoms with Crippen LogP contribution >= 0.6 is 11.8 Å². The number of thioether (sulfide) groups is 1. The molecule has 1 heterocycles. The van der Waals surface area contributed by atoms with Crippen LogP contribution in [0.2, 0.25) is 0 Å². The Morgan fingerprint density at radius 3 is 2.54 bits per heavy atom. The molecule has 152 valence electrons. The van der Waals surface area contributed by atoms with Crippen LogP contribution in [-0.4, -0.2) is 41.9 Å². The van der Waals surface area contributed by atoms with Gasteiger partial charge in [-0.25, -0.2) is 4.98 Å². The number of benzene rings is 1. The monoisotopic (exact) mass is 405 g/mol. The van der Waals surface area contributed by atoms with Crippen molar-refractivity contribution in [3.8, 4) is 11.5 Å². The molecule has 0 fully saturated rings. The van der Waals surface area contributed by atoms with E-state index >= 15 is 0 Å². The molecule has 28 heavy (non-hydrogen) atoms. The van der Waals surface area contributed by atoms with E-state index in [1.807, 2.05) is 32.0 Å². The lowest BCUT2D eigenvalue weighted by molar-refractivity contribution is -0.120. The van der Waals surface area contributed by atoms with Gasteiger partial charge in [0.05, 0.1) is 25.2 Å². The summed E-state index contributed by atoms with van der Waals surface area (Å²) in [5.74, 6) is 1.37. The smallest absolute Gasteiger partial charge is 0.251 e. The third-order valence-corrected chi connectivity index (χ3v) is 5.13. The van der Waals surface area contributed by atoms with Gasteiger partial charge >= 0.3 is 0 Å². The largest absolute Gasteiger partial charge is 0.493 e. The van der Waals surface area contributed by atoms with Gasteiger partial charge in [-0.15, -0.1) is 0 Å². The number of amides is 1. The molecular formula is C20H27N3O4S. The summed E-state index contributed by atoms with van der Waals surface area (Å²) >= 11 is 1.24. The number of carbonyl (C=O) groups excluding carboxylic acids is 1. The van der Waals surface area contributed by atoms with Crippen molar-refractivity contribution >= 4 is 17.7 Å². The van der Waals surface area contributed by atoms with Crippen LogP contribution in [0.25, 0.3) is 0 Å². The van der Waals surface area contributed by atoms with E-state index in [4.69, 9.17) is 9.47 Å². The molecule has 2 rings (SSSR count). The Kier molecular flexibility index (Phi) is 7.92. The Bertz CT molecular complexity index is 867. The van der Waals surface area contributed by atoms with E-state index in [1.54, 1.807) is 21.1 Å². The van der Waals surface area contributed by atoms with E-state index in [2.05, 4.69) is 15.3 Å². The lowest BCUT2D eigenvalue weighted by Gasteiger charge is -2.13. The molecule has 0 radical (unpaired) electrons. The highest BCUT2D eigenvalue weighted by atomic mass is 32.2. The van der Waals surface area contributed by atoms with Crippen molar-refractivity contribution in [1.29, 1.82) is 0 Å². The lowest BCUT2D eigenvalue weighted by atomic mass is 10.1. The second kappa shape index (κ2) is 10.2. The lowest BCUT2D eigenvalue weighted by Crippen LogP contribution is -2.32. The van der Waals surface area contributed by atoms with Gasteiger partial charge in [-0.05, 0) is 37.0 Å². The fourth-order valence-electron chi connectivity index (χ4n) is 2.54. The van der Waals surface area contributed by atoms with Crippen LogP contribution in [0, 0.1) is 0 Å². The molecule has 2 aromatic rings. The Morgan fingerprint density at radius 1 is 1.18 bits per heavy atom. The summed E-state index contributed by atoms with van der Waals surface area (Å²) in [7, 11) is 3.19. The van der Waals surface area contributed by atoms with E-state index in [9.17, 15) is 9.59 Å². The Labute approximate surface area is 169 Å². The Morgan fingerprint density at radius 2 is 1.89 bits per heavy atom. The number of hydrogen-bond donors (Lipinski definition) is 2. The molecule has 7 nitrogen and oxygen atoms in total. The van der Waals surface area contributed by atoms with Crippen molar-refractivity contribution < 1.29 is 14.3 Å². The first-order valence-electron chi connectivity index (χ1n) is 9.10. The minimum atomic E-state index is -0.379. The molecule has 1 aromatic carbocycles. The number of methoxy groups -OCH3 is 2. The second-order valence-corrected chi connectivity index (χ2v) is 7.95. The Balaban J connectivity index is 1.90. The van der Waals surface area contributed by atoms with Crippen LogP contribution in [0.1, 0.15) is 37.9 Å². The van der Waals surface area contributed by atoms with E-state index in [0.717, 1.165) is 5.56 Å². The highest BCUT2D eigenvalue weighted by molar-refractivity contribution is 8.00. The highest BCUT2D eigenvalue weighted by Crippen LogP contribution is 2.27. The molecule has 8 heteroatoms. The average Bonchev–Trinajstić information content (AvgIpc) is 2.67. The van der Waals surface area contributed by atoms with Crippen LogP contribution in [0.5, 0.6) is 11.5 Å². The van der Waals surface area contributed by atoms with Gasteiger partial charge in [0.15, 0.2) is 16.7 Å². The molecule has 0 bridgehead atoms. The minimum Gasteiger partial charge on any atom is -0.493 e. The van der Waals surface area contributed by atoms with Gasteiger partial charge in [-0.3, -0.25) is 9.59 Å². The number of hydrogen-bond acceptors (Lipinski definition) is 6. The van der Waals surface area contributed by atoms with E-state index in [1.165, 1.54) is 17.8 Å². The summed E-state index contributed by atoms with van der Waals surface area (Å²) in [6.07, 6.45) is 0.668. The van der Waals surface area contributed by atoms with Gasteiger partial charge in [0.1, 0.15) is 0 Å². The normalized spacial score (nSPS) is 11.9. The van der Waals surface area contributed by atoms with Crippen molar-refractivity contribution in [1.82, 2.24) is 15.3 Å². The fraction of sp³-hybridized carbons (Fsp3) is 0.450. The molecule has 1 aromatic heterocycles. The third-order valence-electron chi connectivity index (χ3n) is 4.15. The molecule has 0 aliphatic rings. The number of ether oxygens (including phenoxy) is 2. The first-order valence-corrected chi connectivity index (χ1v) is 9.98. The zero-order valence-corrected chi connectivity index (χ0v) is 17.7. The number of carbonyl (C=O) groups is 1. The van der Waals surface area contributed by atoms with Crippen LogP contribution in [0.3, 0.4) is 0 Å². The summed E-state index contributed by atoms with van der Waals surface area (Å²) in [5, 5.41) is 3.00. The predicted octanol–water partition coefficient (Wildman–Crippen LogP) is 2.75. The molecule has 0 saturated heterocycles. The van der Waals surface area contributed by atoms with Gasteiger partial charge in [0.25, 0.3) is 5.56 Å². The maximum atomic E-state index is 12.4. The standard InChI is InChI=1S/C20H27N3O4S/c1-12(2)15-11-18(24)23-20(22-15)28-13(3)19(25)21-9-8-14-6-7-16(26-4)17(10-14)27-5/h6-7,10-13H,8-9H2,1-5H3,(H,21,25)(H,22,23,24). The van der Waals surface area contributed by atoms with Crippen molar-refractivity contribution in [3.63, 3.8) is 0 Å². The second-order valence-electron chi connectivity index (χ2n) is 6.62. The van der Waals surface area contributed by atoms with Gasteiger partial charge < -0.3 is 19.8 Å². The zero-order valence-electron chi connectivity index (χ0n) is 16.9. The van der Waals surface area contributed by atoms with Gasteiger partial charge in [-0.2, -0.15) is 0 Å². The quantitative estimate of drug-likeness (QED) is 0.492. The van der Waals surface area contributed by atoms with Crippen LogP contribution in [0.15, 0.2) is 34.2 Å². The first-order chi connectivity index (χ1) is 13.3. The maximum absolute atomic E-state index is 12.4. The van der Waals surface area contributed by atoms with Crippen molar-refractivity contribution in [3.05, 3.63) is 45.9 Å². The molecule has 0 aliphatic heterocycles. The molecule has 1 unspecified atom stereocenters. The molecule has 1 amide bonds. The Hall–Kier alpha value is -2.48. The summed E-state index contributed by atoms with van der Waals surface area (Å²) < 4.78 is 10.5. The van der Waals surface area contributed by atoms with E-state index in [0.29, 0.717) is 35.3 Å². The number of rotatable bonds is 9. The topological polar surface area (TPSA) is 93.3 Å². The third kappa shape index (κ3) is 6.02. The molecular weight excluding hydrogens is 378 g/mol. The van der Waals surface area contributed by atoms with Gasteiger partial charge in [-0.1, -0.05) is 31.7 Å². The SMILES string of the molecule is COc1ccc(CCNC(=O)C(C)Sc2nc(C(C)C)cc(=O)[nH]2)cc1OC. The van der Waals surface area contributed by atoms with Crippen LogP contribution in [-0.2, 0) is 11.2 Å². The number of H-pyrrole nitrogens is 1. The van der Waals surface area contributed by atoms with Crippen LogP contribution in [0.4, 0.5) is 0 Å². The summed E-state index contributed by atoms with van der Waals surface area (Å²) in [4.78, 5) is 31.2. The highest BCUT2D eigenvalue weighted by Gasteiger charge is 2.16. The molecule has 2 N–H and O–H groups in total.